The first-order valence-corrected chi connectivity index (χ1v) is 9.67. The second-order valence-electron chi connectivity index (χ2n) is 6.98. The maximum atomic E-state index is 12.1. The third kappa shape index (κ3) is 7.22. The molecule has 0 saturated carbocycles. The van der Waals surface area contributed by atoms with E-state index in [-0.39, 0.29) is 30.1 Å². The van der Waals surface area contributed by atoms with Crippen LogP contribution in [0.5, 0.6) is 0 Å². The molecule has 0 spiro atoms. The zero-order valence-electron chi connectivity index (χ0n) is 15.9. The van der Waals surface area contributed by atoms with Crippen molar-refractivity contribution in [1.82, 2.24) is 9.80 Å². The molecule has 1 aromatic carbocycles. The lowest BCUT2D eigenvalue weighted by Crippen LogP contribution is -2.53. The first-order valence-electron chi connectivity index (χ1n) is 8.44. The summed E-state index contributed by atoms with van der Waals surface area (Å²) in [6.07, 6.45) is 1.79. The molecule has 0 aromatic heterocycles. The largest absolute Gasteiger partial charge is 0.444 e. The highest BCUT2D eigenvalue weighted by atomic mass is 127. The van der Waals surface area contributed by atoms with Crippen molar-refractivity contribution < 1.29 is 9.53 Å². The fourth-order valence-corrected chi connectivity index (χ4v) is 2.86. The van der Waals surface area contributed by atoms with Gasteiger partial charge in [-0.25, -0.2) is 9.79 Å². The van der Waals surface area contributed by atoms with E-state index in [1.807, 2.05) is 25.7 Å². The number of halogens is 1. The monoisotopic (exact) mass is 492 g/mol. The number of hydrogen-bond acceptors (Lipinski definition) is 4. The van der Waals surface area contributed by atoms with Crippen molar-refractivity contribution >= 4 is 47.8 Å². The summed E-state index contributed by atoms with van der Waals surface area (Å²) >= 11 is 1.72. The van der Waals surface area contributed by atoms with E-state index in [0.29, 0.717) is 38.7 Å². The van der Waals surface area contributed by atoms with Gasteiger partial charge in [0.1, 0.15) is 5.60 Å². The molecule has 0 bridgehead atoms. The molecule has 2 rings (SSSR count). The Hall–Kier alpha value is -1.16. The van der Waals surface area contributed by atoms with Gasteiger partial charge in [0.15, 0.2) is 5.96 Å². The highest BCUT2D eigenvalue weighted by Crippen LogP contribution is 2.15. The van der Waals surface area contributed by atoms with Crippen LogP contribution >= 0.6 is 35.7 Å². The smallest absolute Gasteiger partial charge is 0.410 e. The molecule has 0 radical (unpaired) electrons. The number of carbonyl (C=O) groups is 1. The number of piperazine rings is 1. The molecule has 6 nitrogen and oxygen atoms in total. The van der Waals surface area contributed by atoms with Crippen molar-refractivity contribution in [2.75, 3.05) is 32.4 Å². The minimum atomic E-state index is -0.472. The molecule has 1 amide bonds. The number of nitrogens with zero attached hydrogens (tertiary/aromatic N) is 3. The van der Waals surface area contributed by atoms with E-state index in [2.05, 4.69) is 35.5 Å². The maximum absolute atomic E-state index is 12.1. The number of guanidine groups is 1. The Balaban J connectivity index is 0.00000338. The van der Waals surface area contributed by atoms with Crippen molar-refractivity contribution in [2.24, 2.45) is 10.7 Å². The Bertz CT molecular complexity index is 609. The van der Waals surface area contributed by atoms with Gasteiger partial charge in [-0.2, -0.15) is 0 Å². The number of hydrogen-bond donors (Lipinski definition) is 1. The van der Waals surface area contributed by atoms with E-state index in [9.17, 15) is 4.79 Å². The number of aliphatic imine (C=N–C) groups is 1. The van der Waals surface area contributed by atoms with Crippen molar-refractivity contribution in [3.8, 4) is 0 Å². The van der Waals surface area contributed by atoms with Crippen LogP contribution in [0, 0.1) is 0 Å². The van der Waals surface area contributed by atoms with Crippen LogP contribution < -0.4 is 5.73 Å². The Labute approximate surface area is 177 Å². The Morgan fingerprint density at radius 1 is 1.15 bits per heavy atom. The summed E-state index contributed by atoms with van der Waals surface area (Å²) in [4.78, 5) is 21.5. The minimum Gasteiger partial charge on any atom is -0.444 e. The third-order valence-electron chi connectivity index (χ3n) is 3.84. The van der Waals surface area contributed by atoms with Crippen molar-refractivity contribution in [2.45, 2.75) is 37.8 Å². The van der Waals surface area contributed by atoms with Crippen LogP contribution in [0.1, 0.15) is 26.3 Å². The second-order valence-corrected chi connectivity index (χ2v) is 7.86. The normalized spacial score (nSPS) is 15.5. The molecule has 1 aliphatic rings. The highest BCUT2D eigenvalue weighted by molar-refractivity contribution is 14.0. The summed E-state index contributed by atoms with van der Waals surface area (Å²) in [7, 11) is 0. The summed E-state index contributed by atoms with van der Waals surface area (Å²) in [5.74, 6) is 0.526. The van der Waals surface area contributed by atoms with Crippen LogP contribution in [0.25, 0.3) is 0 Å². The molecule has 1 saturated heterocycles. The first kappa shape index (κ1) is 22.9. The number of thioether (sulfide) groups is 1. The maximum Gasteiger partial charge on any atom is 0.410 e. The average Bonchev–Trinajstić information content (AvgIpc) is 2.58. The molecule has 26 heavy (non-hydrogen) atoms. The lowest BCUT2D eigenvalue weighted by atomic mass is 10.2. The molecule has 1 fully saturated rings. The molecule has 8 heteroatoms. The number of nitrogens with two attached hydrogens (primary N) is 1. The van der Waals surface area contributed by atoms with Gasteiger partial charge < -0.3 is 20.3 Å². The van der Waals surface area contributed by atoms with Crippen molar-refractivity contribution in [3.05, 3.63) is 29.8 Å². The van der Waals surface area contributed by atoms with E-state index in [0.717, 1.165) is 5.56 Å². The predicted molar refractivity (Wildman–Crippen MR) is 118 cm³/mol. The van der Waals surface area contributed by atoms with Crippen LogP contribution in [0.2, 0.25) is 0 Å². The van der Waals surface area contributed by atoms with E-state index < -0.39 is 5.60 Å². The number of ether oxygens (including phenoxy) is 1. The molecule has 1 heterocycles. The molecular formula is C18H29IN4O2S. The number of benzene rings is 1. The Morgan fingerprint density at radius 3 is 2.19 bits per heavy atom. The van der Waals surface area contributed by atoms with Crippen LogP contribution in [0.15, 0.2) is 34.2 Å². The molecule has 1 aliphatic heterocycles. The van der Waals surface area contributed by atoms with Gasteiger partial charge >= 0.3 is 6.09 Å². The highest BCUT2D eigenvalue weighted by Gasteiger charge is 2.26. The number of rotatable bonds is 3. The SMILES string of the molecule is CSc1ccc(CN=C(N)N2CCN(C(=O)OC(C)(C)C)CC2)cc1.I. The molecular weight excluding hydrogens is 463 g/mol. The lowest BCUT2D eigenvalue weighted by molar-refractivity contribution is 0.0186. The van der Waals surface area contributed by atoms with Gasteiger partial charge in [0.05, 0.1) is 6.54 Å². The predicted octanol–water partition coefficient (Wildman–Crippen LogP) is 3.39. The summed E-state index contributed by atoms with van der Waals surface area (Å²) in [6, 6.07) is 8.32. The van der Waals surface area contributed by atoms with Gasteiger partial charge in [0.25, 0.3) is 0 Å². The van der Waals surface area contributed by atoms with Gasteiger partial charge in [-0.15, -0.1) is 35.7 Å². The molecule has 2 N–H and O–H groups in total. The summed E-state index contributed by atoms with van der Waals surface area (Å²) in [6.45, 7) is 8.69. The fraction of sp³-hybridized carbons (Fsp3) is 0.556. The standard InChI is InChI=1S/C18H28N4O2S.HI/c1-18(2,3)24-17(23)22-11-9-21(10-12-22)16(19)20-13-14-5-7-15(25-4)8-6-14;/h5-8H,9-13H2,1-4H3,(H2,19,20);1H. The molecule has 146 valence electrons. The first-order chi connectivity index (χ1) is 11.8. The van der Waals surface area contributed by atoms with Gasteiger partial charge in [-0.05, 0) is 44.7 Å². The molecule has 0 unspecified atom stereocenters. The van der Waals surface area contributed by atoms with E-state index in [1.165, 1.54) is 4.90 Å². The van der Waals surface area contributed by atoms with Gasteiger partial charge in [-0.1, -0.05) is 12.1 Å². The Morgan fingerprint density at radius 2 is 1.69 bits per heavy atom. The van der Waals surface area contributed by atoms with Crippen molar-refractivity contribution in [1.29, 1.82) is 0 Å². The number of amides is 1. The minimum absolute atomic E-state index is 0. The Kier molecular flexibility index (Phi) is 9.02. The van der Waals surface area contributed by atoms with Gasteiger partial charge in [-0.3, -0.25) is 0 Å². The van der Waals surface area contributed by atoms with Crippen LogP contribution in [0.3, 0.4) is 0 Å². The van der Waals surface area contributed by atoms with Crippen LogP contribution in [-0.4, -0.2) is 59.9 Å². The quantitative estimate of drug-likeness (QED) is 0.303. The van der Waals surface area contributed by atoms with E-state index in [1.54, 1.807) is 16.7 Å². The topological polar surface area (TPSA) is 71.2 Å². The van der Waals surface area contributed by atoms with Gasteiger partial charge in [0.2, 0.25) is 0 Å². The average molecular weight is 492 g/mol. The summed E-state index contributed by atoms with van der Waals surface area (Å²) in [5.41, 5.74) is 6.77. The van der Waals surface area contributed by atoms with E-state index in [4.69, 9.17) is 10.5 Å². The van der Waals surface area contributed by atoms with E-state index >= 15 is 0 Å². The number of carbonyl (C=O) groups excluding carboxylic acids is 1. The van der Waals surface area contributed by atoms with Crippen molar-refractivity contribution in [3.63, 3.8) is 0 Å². The van der Waals surface area contributed by atoms with Gasteiger partial charge in [0, 0.05) is 31.1 Å². The molecule has 0 aliphatic carbocycles. The lowest BCUT2D eigenvalue weighted by Gasteiger charge is -2.36. The van der Waals surface area contributed by atoms with Crippen LogP contribution in [0.4, 0.5) is 4.79 Å². The zero-order chi connectivity index (χ0) is 18.4. The molecule has 0 atom stereocenters. The zero-order valence-corrected chi connectivity index (χ0v) is 19.0. The summed E-state index contributed by atoms with van der Waals surface area (Å²) in [5, 5.41) is 0. The third-order valence-corrected chi connectivity index (χ3v) is 4.58. The second kappa shape index (κ2) is 10.2. The molecule has 1 aromatic rings. The van der Waals surface area contributed by atoms with Crippen LogP contribution in [-0.2, 0) is 11.3 Å². The fourth-order valence-electron chi connectivity index (χ4n) is 2.45. The summed E-state index contributed by atoms with van der Waals surface area (Å²) < 4.78 is 5.40.